The summed E-state index contributed by atoms with van der Waals surface area (Å²) in [5, 5.41) is -0.0219. The van der Waals surface area contributed by atoms with Crippen molar-refractivity contribution < 1.29 is 31.9 Å². The second-order valence-corrected chi connectivity index (χ2v) is 9.61. The van der Waals surface area contributed by atoms with Gasteiger partial charge in [-0.3, -0.25) is 23.9 Å². The molecule has 0 aliphatic carbocycles. The highest BCUT2D eigenvalue weighted by molar-refractivity contribution is 8.15. The number of nitrogens with zero attached hydrogens (tertiary/aromatic N) is 4. The minimum atomic E-state index is -4.98. The molecule has 0 unspecified atom stereocenters. The maximum atomic E-state index is 14.7. The van der Waals surface area contributed by atoms with E-state index in [-0.39, 0.29) is 55.0 Å². The summed E-state index contributed by atoms with van der Waals surface area (Å²) >= 11 is 8.39. The minimum absolute atomic E-state index is 0.0606. The monoisotopic (exact) mass is 568 g/mol. The van der Waals surface area contributed by atoms with Crippen LogP contribution in [-0.4, -0.2) is 62.0 Å². The van der Waals surface area contributed by atoms with E-state index in [0.29, 0.717) is 5.75 Å². The van der Waals surface area contributed by atoms with Crippen LogP contribution in [0.15, 0.2) is 32.8 Å². The number of aliphatic imine (C=N–C) groups is 1. The number of hydrogen-bond donors (Lipinski definition) is 0. The van der Waals surface area contributed by atoms with E-state index in [4.69, 9.17) is 11.6 Å². The quantitative estimate of drug-likeness (QED) is 0.287. The van der Waals surface area contributed by atoms with Crippen LogP contribution in [0, 0.1) is 5.82 Å². The molecule has 1 aliphatic rings. The van der Waals surface area contributed by atoms with Crippen LogP contribution in [0.5, 0.6) is 0 Å². The second-order valence-electron chi connectivity index (χ2n) is 7.15. The highest BCUT2D eigenvalue weighted by Crippen LogP contribution is 2.33. The van der Waals surface area contributed by atoms with Gasteiger partial charge in [-0.1, -0.05) is 23.4 Å². The third-order valence-electron chi connectivity index (χ3n) is 4.85. The topological polar surface area (TPSA) is 103 Å². The first-order chi connectivity index (χ1) is 16.8. The van der Waals surface area contributed by atoms with Crippen molar-refractivity contribution in [1.29, 1.82) is 0 Å². The number of rotatable bonds is 7. The van der Waals surface area contributed by atoms with Crippen molar-refractivity contribution in [3.63, 3.8) is 0 Å². The first-order valence-corrected chi connectivity index (χ1v) is 12.4. The molecule has 1 amide bonds. The van der Waals surface area contributed by atoms with Gasteiger partial charge >= 0.3 is 17.8 Å². The van der Waals surface area contributed by atoms with Crippen LogP contribution in [0.4, 0.5) is 23.2 Å². The van der Waals surface area contributed by atoms with Crippen LogP contribution in [0.3, 0.4) is 0 Å². The van der Waals surface area contributed by atoms with Crippen LogP contribution in [0.25, 0.3) is 5.69 Å². The molecule has 1 aliphatic heterocycles. The van der Waals surface area contributed by atoms with Crippen LogP contribution in [-0.2, 0) is 27.5 Å². The van der Waals surface area contributed by atoms with E-state index >= 15 is 0 Å². The maximum absolute atomic E-state index is 14.7. The number of methoxy groups -OCH3 is 1. The van der Waals surface area contributed by atoms with E-state index in [1.807, 2.05) is 0 Å². The lowest BCUT2D eigenvalue weighted by Gasteiger charge is -2.17. The van der Waals surface area contributed by atoms with Crippen molar-refractivity contribution in [2.24, 2.45) is 12.0 Å². The minimum Gasteiger partial charge on any atom is -0.468 e. The number of alkyl halides is 3. The second kappa shape index (κ2) is 11.1. The fourth-order valence-corrected chi connectivity index (χ4v) is 4.93. The van der Waals surface area contributed by atoms with E-state index in [2.05, 4.69) is 9.73 Å². The molecule has 1 aromatic heterocycles. The average molecular weight is 569 g/mol. The lowest BCUT2D eigenvalue weighted by Crippen LogP contribution is -2.41. The Balaban J connectivity index is 1.99. The number of esters is 1. The molecule has 0 radical (unpaired) electrons. The van der Waals surface area contributed by atoms with E-state index in [1.165, 1.54) is 23.8 Å². The number of carbonyl (C=O) groups excluding carboxylic acids is 2. The van der Waals surface area contributed by atoms with Crippen molar-refractivity contribution in [3.05, 3.63) is 55.6 Å². The summed E-state index contributed by atoms with van der Waals surface area (Å²) in [6, 6.07) is 1.88. The molecule has 2 heterocycles. The highest BCUT2D eigenvalue weighted by atomic mass is 35.5. The molecule has 3 rings (SSSR count). The molecule has 194 valence electrons. The van der Waals surface area contributed by atoms with Crippen molar-refractivity contribution >= 4 is 57.9 Å². The standard InChI is InChI=1S/C20H17ClF4N4O5S2/c1-27-14(20(23,24)25)7-15(30)29(19(27)33)13-6-12(10(21)5-11(13)22)26-18-28(16(31)8-36-18)3-4-35-9-17(32)34-2/h5-7H,3-4,8-9H2,1-2H3. The average Bonchev–Trinajstić information content (AvgIpc) is 3.14. The molecule has 0 spiro atoms. The van der Waals surface area contributed by atoms with E-state index in [0.717, 1.165) is 30.9 Å². The number of ether oxygens (including phenoxy) is 1. The Morgan fingerprint density at radius 3 is 2.58 bits per heavy atom. The number of hydrogen-bond acceptors (Lipinski definition) is 8. The van der Waals surface area contributed by atoms with Gasteiger partial charge in [0.05, 0.1) is 35.0 Å². The van der Waals surface area contributed by atoms with Gasteiger partial charge in [-0.25, -0.2) is 18.7 Å². The van der Waals surface area contributed by atoms with E-state index in [9.17, 15) is 36.7 Å². The fourth-order valence-electron chi connectivity index (χ4n) is 3.08. The normalized spacial score (nSPS) is 15.1. The Kier molecular flexibility index (Phi) is 8.56. The molecule has 36 heavy (non-hydrogen) atoms. The Hall–Kier alpha value is -2.78. The first-order valence-electron chi connectivity index (χ1n) is 9.91. The number of benzene rings is 1. The largest absolute Gasteiger partial charge is 0.468 e. The number of amidine groups is 1. The zero-order chi connectivity index (χ0) is 26.8. The summed E-state index contributed by atoms with van der Waals surface area (Å²) in [6.07, 6.45) is -4.98. The Morgan fingerprint density at radius 2 is 1.94 bits per heavy atom. The van der Waals surface area contributed by atoms with Gasteiger partial charge in [-0.05, 0) is 12.1 Å². The van der Waals surface area contributed by atoms with Crippen molar-refractivity contribution in [3.8, 4) is 5.69 Å². The zero-order valence-corrected chi connectivity index (χ0v) is 21.0. The summed E-state index contributed by atoms with van der Waals surface area (Å²) in [5.41, 5.74) is -5.10. The predicted molar refractivity (Wildman–Crippen MR) is 128 cm³/mol. The van der Waals surface area contributed by atoms with Gasteiger partial charge in [0.15, 0.2) is 5.17 Å². The molecule has 0 bridgehead atoms. The van der Waals surface area contributed by atoms with Crippen LogP contribution in [0.2, 0.25) is 5.02 Å². The molecule has 1 saturated heterocycles. The molecular formula is C20H17ClF4N4O5S2. The van der Waals surface area contributed by atoms with Gasteiger partial charge in [-0.2, -0.15) is 13.2 Å². The Morgan fingerprint density at radius 1 is 1.25 bits per heavy atom. The molecule has 1 aromatic carbocycles. The molecule has 0 atom stereocenters. The Labute approximate surface area is 214 Å². The number of thioether (sulfide) groups is 2. The summed E-state index contributed by atoms with van der Waals surface area (Å²) in [4.78, 5) is 54.0. The van der Waals surface area contributed by atoms with Gasteiger partial charge in [-0.15, -0.1) is 11.8 Å². The highest BCUT2D eigenvalue weighted by Gasteiger charge is 2.35. The smallest absolute Gasteiger partial charge is 0.431 e. The molecule has 0 N–H and O–H groups in total. The van der Waals surface area contributed by atoms with Gasteiger partial charge in [0.2, 0.25) is 5.91 Å². The number of aromatic nitrogens is 2. The lowest BCUT2D eigenvalue weighted by atomic mass is 10.2. The summed E-state index contributed by atoms with van der Waals surface area (Å²) in [6.45, 7) is 0.191. The van der Waals surface area contributed by atoms with Gasteiger partial charge in [0.1, 0.15) is 11.5 Å². The summed E-state index contributed by atoms with van der Waals surface area (Å²) in [7, 11) is 2.05. The molecular weight excluding hydrogens is 552 g/mol. The van der Waals surface area contributed by atoms with E-state index in [1.54, 1.807) is 0 Å². The Bertz CT molecular complexity index is 1360. The molecule has 0 saturated carbocycles. The maximum Gasteiger partial charge on any atom is 0.431 e. The first kappa shape index (κ1) is 27.8. The molecule has 16 heteroatoms. The van der Waals surface area contributed by atoms with E-state index < -0.39 is 40.6 Å². The SMILES string of the molecule is COC(=O)CSCCN1C(=O)CSC1=Nc1cc(-n2c(=O)cc(C(F)(F)F)n(C)c2=O)c(F)cc1Cl. The fraction of sp³-hybridized carbons (Fsp3) is 0.350. The van der Waals surface area contributed by atoms with Crippen molar-refractivity contribution in [2.45, 2.75) is 6.18 Å². The number of halogens is 5. The molecule has 2 aromatic rings. The third-order valence-corrected chi connectivity index (χ3v) is 7.02. The van der Waals surface area contributed by atoms with Crippen molar-refractivity contribution in [1.82, 2.24) is 14.0 Å². The van der Waals surface area contributed by atoms with Crippen molar-refractivity contribution in [2.75, 3.05) is 30.9 Å². The van der Waals surface area contributed by atoms with Crippen LogP contribution in [0.1, 0.15) is 5.69 Å². The number of carbonyl (C=O) groups is 2. The van der Waals surface area contributed by atoms with Gasteiger partial charge in [0, 0.05) is 25.4 Å². The third kappa shape index (κ3) is 5.95. The van der Waals surface area contributed by atoms with Crippen LogP contribution >= 0.6 is 35.1 Å². The number of amides is 1. The summed E-state index contributed by atoms with van der Waals surface area (Å²) < 4.78 is 59.1. The lowest BCUT2D eigenvalue weighted by molar-refractivity contribution is -0.144. The van der Waals surface area contributed by atoms with Gasteiger partial charge in [0.25, 0.3) is 5.56 Å². The zero-order valence-electron chi connectivity index (χ0n) is 18.6. The summed E-state index contributed by atoms with van der Waals surface area (Å²) in [5.74, 6) is -1.32. The predicted octanol–water partition coefficient (Wildman–Crippen LogP) is 2.82. The van der Waals surface area contributed by atoms with Gasteiger partial charge < -0.3 is 4.74 Å². The molecule has 1 fully saturated rings. The molecule has 9 nitrogen and oxygen atoms in total. The van der Waals surface area contributed by atoms with Crippen LogP contribution < -0.4 is 11.2 Å².